The number of rotatable bonds is 4. The molecule has 18 heavy (non-hydrogen) atoms. The molecule has 0 saturated carbocycles. The molecule has 0 fully saturated rings. The number of carbonyl (C=O) groups is 1. The monoisotopic (exact) mass is 263 g/mol. The van der Waals surface area contributed by atoms with Crippen LogP contribution in [0.25, 0.3) is 0 Å². The maximum absolute atomic E-state index is 13.6. The predicted octanol–water partition coefficient (Wildman–Crippen LogP) is 3.72. The summed E-state index contributed by atoms with van der Waals surface area (Å²) in [6.45, 7) is 0. The van der Waals surface area contributed by atoms with Gasteiger partial charge in [0.05, 0.1) is 11.1 Å². The van der Waals surface area contributed by atoms with Crippen LogP contribution in [0.3, 0.4) is 0 Å². The van der Waals surface area contributed by atoms with Crippen LogP contribution in [-0.4, -0.2) is 6.41 Å². The lowest BCUT2D eigenvalue weighted by atomic mass is 10.0. The molecule has 0 aliphatic rings. The average Bonchev–Trinajstić information content (AvgIpc) is 2.41. The molecule has 1 N–H and O–H groups in total. The van der Waals surface area contributed by atoms with Gasteiger partial charge in [0.1, 0.15) is 5.82 Å². The van der Waals surface area contributed by atoms with E-state index in [0.717, 1.165) is 5.56 Å². The van der Waals surface area contributed by atoms with E-state index in [2.05, 4.69) is 5.32 Å². The molecule has 2 aromatic carbocycles. The third kappa shape index (κ3) is 2.68. The lowest BCUT2D eigenvalue weighted by Gasteiger charge is -2.11. The number of anilines is 1. The Kier molecular flexibility index (Phi) is 3.95. The van der Waals surface area contributed by atoms with E-state index in [0.29, 0.717) is 12.0 Å². The molecular weight excluding hydrogens is 253 g/mol. The van der Waals surface area contributed by atoms with Gasteiger partial charge in [0.2, 0.25) is 6.41 Å². The Bertz CT molecular complexity index is 545. The molecule has 0 aromatic heterocycles. The molecule has 0 heterocycles. The summed E-state index contributed by atoms with van der Waals surface area (Å²) in [5.41, 5.74) is 1.69. The first-order chi connectivity index (χ1) is 8.72. The SMILES string of the molecule is O=CNc1ccc(C(Cl)c2ccccc2)cc1F. The molecule has 1 unspecified atom stereocenters. The predicted molar refractivity (Wildman–Crippen MR) is 70.2 cm³/mol. The van der Waals surface area contributed by atoms with Crippen molar-refractivity contribution in [2.75, 3.05) is 5.32 Å². The number of amides is 1. The van der Waals surface area contributed by atoms with E-state index in [1.165, 1.54) is 12.1 Å². The molecule has 0 radical (unpaired) electrons. The van der Waals surface area contributed by atoms with Crippen LogP contribution in [0.15, 0.2) is 48.5 Å². The van der Waals surface area contributed by atoms with E-state index in [1.807, 2.05) is 30.3 Å². The van der Waals surface area contributed by atoms with E-state index in [-0.39, 0.29) is 5.69 Å². The van der Waals surface area contributed by atoms with Crippen LogP contribution in [0.1, 0.15) is 16.5 Å². The molecular formula is C14H11ClFNO. The number of halogens is 2. The lowest BCUT2D eigenvalue weighted by molar-refractivity contribution is -0.105. The molecule has 2 aromatic rings. The molecule has 0 bridgehead atoms. The van der Waals surface area contributed by atoms with Crippen molar-refractivity contribution < 1.29 is 9.18 Å². The molecule has 0 spiro atoms. The fraction of sp³-hybridized carbons (Fsp3) is 0.0714. The van der Waals surface area contributed by atoms with Crippen LogP contribution in [0, 0.1) is 5.82 Å². The molecule has 0 aliphatic carbocycles. The number of alkyl halides is 1. The van der Waals surface area contributed by atoms with Gasteiger partial charge in [-0.15, -0.1) is 11.6 Å². The highest BCUT2D eigenvalue weighted by Crippen LogP contribution is 2.30. The van der Waals surface area contributed by atoms with Crippen molar-refractivity contribution in [2.24, 2.45) is 0 Å². The molecule has 2 nitrogen and oxygen atoms in total. The van der Waals surface area contributed by atoms with Crippen molar-refractivity contribution in [3.8, 4) is 0 Å². The van der Waals surface area contributed by atoms with Crippen LogP contribution in [0.2, 0.25) is 0 Å². The van der Waals surface area contributed by atoms with E-state index in [9.17, 15) is 9.18 Å². The van der Waals surface area contributed by atoms with Crippen molar-refractivity contribution >= 4 is 23.7 Å². The second-order valence-corrected chi connectivity index (χ2v) is 4.21. The summed E-state index contributed by atoms with van der Waals surface area (Å²) in [5, 5.41) is 1.87. The highest BCUT2D eigenvalue weighted by atomic mass is 35.5. The molecule has 1 atom stereocenters. The zero-order valence-electron chi connectivity index (χ0n) is 9.44. The summed E-state index contributed by atoms with van der Waals surface area (Å²) in [6, 6.07) is 13.9. The zero-order chi connectivity index (χ0) is 13.0. The van der Waals surface area contributed by atoms with Crippen molar-refractivity contribution in [3.63, 3.8) is 0 Å². The van der Waals surface area contributed by atoms with E-state index in [1.54, 1.807) is 6.07 Å². The minimum absolute atomic E-state index is 0.144. The molecule has 1 amide bonds. The van der Waals surface area contributed by atoms with Crippen LogP contribution in [0.5, 0.6) is 0 Å². The van der Waals surface area contributed by atoms with Gasteiger partial charge in [0.15, 0.2) is 0 Å². The molecule has 0 saturated heterocycles. The Hall–Kier alpha value is -1.87. The van der Waals surface area contributed by atoms with Crippen molar-refractivity contribution in [2.45, 2.75) is 5.38 Å². The number of benzene rings is 2. The maximum atomic E-state index is 13.6. The first-order valence-electron chi connectivity index (χ1n) is 5.41. The van der Waals surface area contributed by atoms with Gasteiger partial charge >= 0.3 is 0 Å². The normalized spacial score (nSPS) is 11.9. The number of carbonyl (C=O) groups excluding carboxylic acids is 1. The first-order valence-corrected chi connectivity index (χ1v) is 5.84. The van der Waals surface area contributed by atoms with Gasteiger partial charge in [-0.1, -0.05) is 36.4 Å². The fourth-order valence-electron chi connectivity index (χ4n) is 1.68. The van der Waals surface area contributed by atoms with Crippen LogP contribution >= 0.6 is 11.6 Å². The number of hydrogen-bond donors (Lipinski definition) is 1. The van der Waals surface area contributed by atoms with Crippen LogP contribution < -0.4 is 5.32 Å². The zero-order valence-corrected chi connectivity index (χ0v) is 10.2. The Labute approximate surface area is 109 Å². The second-order valence-electron chi connectivity index (χ2n) is 3.77. The number of hydrogen-bond acceptors (Lipinski definition) is 1. The Morgan fingerprint density at radius 1 is 1.11 bits per heavy atom. The highest BCUT2D eigenvalue weighted by molar-refractivity contribution is 6.22. The van der Waals surface area contributed by atoms with Crippen LogP contribution in [0.4, 0.5) is 10.1 Å². The third-order valence-corrected chi connectivity index (χ3v) is 3.10. The topological polar surface area (TPSA) is 29.1 Å². The maximum Gasteiger partial charge on any atom is 0.211 e. The van der Waals surface area contributed by atoms with Crippen molar-refractivity contribution in [1.82, 2.24) is 0 Å². The van der Waals surface area contributed by atoms with Crippen molar-refractivity contribution in [3.05, 3.63) is 65.5 Å². The first kappa shape index (κ1) is 12.6. The van der Waals surface area contributed by atoms with Crippen molar-refractivity contribution in [1.29, 1.82) is 0 Å². The van der Waals surface area contributed by atoms with Gasteiger partial charge < -0.3 is 5.32 Å². The molecule has 2 rings (SSSR count). The van der Waals surface area contributed by atoms with Gasteiger partial charge in [0.25, 0.3) is 0 Å². The van der Waals surface area contributed by atoms with Gasteiger partial charge in [0, 0.05) is 0 Å². The minimum Gasteiger partial charge on any atom is -0.326 e. The fourth-order valence-corrected chi connectivity index (χ4v) is 1.97. The van der Waals surface area contributed by atoms with E-state index in [4.69, 9.17) is 11.6 Å². The largest absolute Gasteiger partial charge is 0.326 e. The van der Waals surface area contributed by atoms with Gasteiger partial charge in [-0.05, 0) is 23.3 Å². The minimum atomic E-state index is -0.499. The molecule has 4 heteroatoms. The van der Waals surface area contributed by atoms with Gasteiger partial charge in [-0.25, -0.2) is 4.39 Å². The Morgan fingerprint density at radius 3 is 2.44 bits per heavy atom. The summed E-state index contributed by atoms with van der Waals surface area (Å²) in [7, 11) is 0. The summed E-state index contributed by atoms with van der Waals surface area (Å²) in [5.74, 6) is -0.499. The van der Waals surface area contributed by atoms with E-state index < -0.39 is 11.2 Å². The third-order valence-electron chi connectivity index (χ3n) is 2.59. The standard InChI is InChI=1S/C14H11ClFNO/c15-14(10-4-2-1-3-5-10)11-6-7-13(17-9-18)12(16)8-11/h1-9,14H,(H,17,18). The Morgan fingerprint density at radius 2 is 1.83 bits per heavy atom. The average molecular weight is 264 g/mol. The van der Waals surface area contributed by atoms with Gasteiger partial charge in [-0.3, -0.25) is 4.79 Å². The lowest BCUT2D eigenvalue weighted by Crippen LogP contribution is -1.99. The molecule has 0 aliphatic heterocycles. The van der Waals surface area contributed by atoms with Crippen LogP contribution in [-0.2, 0) is 4.79 Å². The summed E-state index contributed by atoms with van der Waals surface area (Å²) >= 11 is 6.28. The summed E-state index contributed by atoms with van der Waals surface area (Å²) < 4.78 is 13.6. The number of nitrogens with one attached hydrogen (secondary N) is 1. The highest BCUT2D eigenvalue weighted by Gasteiger charge is 2.12. The smallest absolute Gasteiger partial charge is 0.211 e. The quantitative estimate of drug-likeness (QED) is 0.661. The second kappa shape index (κ2) is 5.65. The molecule has 92 valence electrons. The van der Waals surface area contributed by atoms with E-state index >= 15 is 0 Å². The van der Waals surface area contributed by atoms with Gasteiger partial charge in [-0.2, -0.15) is 0 Å². The Balaban J connectivity index is 2.29. The summed E-state index contributed by atoms with van der Waals surface area (Å²) in [4.78, 5) is 10.3. The summed E-state index contributed by atoms with van der Waals surface area (Å²) in [6.07, 6.45) is 0.438.